The fourth-order valence-corrected chi connectivity index (χ4v) is 2.37. The van der Waals surface area contributed by atoms with E-state index in [2.05, 4.69) is 15.5 Å². The van der Waals surface area contributed by atoms with Gasteiger partial charge in [-0.3, -0.25) is 4.79 Å². The minimum atomic E-state index is -0.888. The summed E-state index contributed by atoms with van der Waals surface area (Å²) in [6.45, 7) is 1.20. The van der Waals surface area contributed by atoms with Crippen LogP contribution in [-0.2, 0) is 4.79 Å². The third-order valence-corrected chi connectivity index (χ3v) is 3.77. The lowest BCUT2D eigenvalue weighted by Crippen LogP contribution is -2.31. The number of hydrogen-bond acceptors (Lipinski definition) is 6. The van der Waals surface area contributed by atoms with E-state index in [1.807, 2.05) is 0 Å². The largest absolute Gasteiger partial charge is 0.497 e. The van der Waals surface area contributed by atoms with Gasteiger partial charge in [-0.2, -0.15) is 4.98 Å². The molecule has 9 heteroatoms. The Morgan fingerprint density at radius 1 is 1.25 bits per heavy atom. The van der Waals surface area contributed by atoms with Crippen LogP contribution in [0.5, 0.6) is 11.5 Å². The number of hydrogen-bond donors (Lipinski definition) is 1. The summed E-state index contributed by atoms with van der Waals surface area (Å²) in [4.78, 5) is 16.3. The molecule has 0 saturated carbocycles. The molecule has 1 amide bonds. The highest BCUT2D eigenvalue weighted by Crippen LogP contribution is 2.23. The van der Waals surface area contributed by atoms with Crippen LogP contribution < -0.4 is 14.8 Å². The van der Waals surface area contributed by atoms with Crippen molar-refractivity contribution in [1.82, 2.24) is 15.5 Å². The Hall–Kier alpha value is -3.49. The summed E-state index contributed by atoms with van der Waals surface area (Å²) in [5, 5.41) is 6.50. The van der Waals surface area contributed by atoms with Crippen LogP contribution in [0.15, 0.2) is 47.0 Å². The second-order valence-corrected chi connectivity index (χ2v) is 5.84. The molecule has 1 aromatic heterocycles. The van der Waals surface area contributed by atoms with Crippen molar-refractivity contribution in [2.45, 2.75) is 13.0 Å². The highest BCUT2D eigenvalue weighted by Gasteiger charge is 2.18. The number of nitrogens with one attached hydrogen (secondary N) is 1. The first-order valence-electron chi connectivity index (χ1n) is 8.31. The van der Waals surface area contributed by atoms with Crippen molar-refractivity contribution in [3.63, 3.8) is 0 Å². The molecule has 3 aromatic rings. The van der Waals surface area contributed by atoms with Gasteiger partial charge in [-0.05, 0) is 31.2 Å². The van der Waals surface area contributed by atoms with Crippen LogP contribution in [0.25, 0.3) is 11.4 Å². The standard InChI is InChI=1S/C19H17F2N3O4/c1-11(22-17(25)10-27-16-7-6-13(20)9-15(16)21)19-23-18(24-28-19)12-4-3-5-14(8-12)26-2/h3-9,11H,10H2,1-2H3,(H,22,25). The van der Waals surface area contributed by atoms with E-state index in [-0.39, 0.29) is 11.6 Å². The molecule has 146 valence electrons. The van der Waals surface area contributed by atoms with Gasteiger partial charge in [-0.1, -0.05) is 17.3 Å². The quantitative estimate of drug-likeness (QED) is 0.667. The smallest absolute Gasteiger partial charge is 0.258 e. The van der Waals surface area contributed by atoms with Crippen molar-refractivity contribution >= 4 is 5.91 Å². The van der Waals surface area contributed by atoms with Crippen LogP contribution in [-0.4, -0.2) is 29.8 Å². The average molecular weight is 389 g/mol. The first-order valence-corrected chi connectivity index (χ1v) is 8.31. The summed E-state index contributed by atoms with van der Waals surface area (Å²) < 4.78 is 41.8. The molecule has 1 unspecified atom stereocenters. The lowest BCUT2D eigenvalue weighted by atomic mass is 10.2. The third kappa shape index (κ3) is 4.61. The van der Waals surface area contributed by atoms with Gasteiger partial charge in [0.15, 0.2) is 18.2 Å². The molecule has 1 atom stereocenters. The fourth-order valence-electron chi connectivity index (χ4n) is 2.37. The second kappa shape index (κ2) is 8.47. The molecular formula is C19H17F2N3O4. The van der Waals surface area contributed by atoms with Crippen molar-refractivity contribution in [2.75, 3.05) is 13.7 Å². The van der Waals surface area contributed by atoms with Crippen molar-refractivity contribution < 1.29 is 27.6 Å². The summed E-state index contributed by atoms with van der Waals surface area (Å²) in [5.74, 6) is -1.18. The van der Waals surface area contributed by atoms with E-state index in [1.54, 1.807) is 38.3 Å². The first-order chi connectivity index (χ1) is 13.5. The minimum absolute atomic E-state index is 0.194. The Labute approximate surface area is 159 Å². The number of amides is 1. The molecule has 3 rings (SSSR count). The third-order valence-electron chi connectivity index (χ3n) is 3.77. The molecule has 0 aliphatic heterocycles. The van der Waals surface area contributed by atoms with Crippen LogP contribution in [0.3, 0.4) is 0 Å². The Morgan fingerprint density at radius 3 is 2.82 bits per heavy atom. The average Bonchev–Trinajstić information content (AvgIpc) is 3.18. The summed E-state index contributed by atoms with van der Waals surface area (Å²) >= 11 is 0. The molecule has 0 spiro atoms. The van der Waals surface area contributed by atoms with Gasteiger partial charge >= 0.3 is 0 Å². The first kappa shape index (κ1) is 19.3. The molecule has 28 heavy (non-hydrogen) atoms. The van der Waals surface area contributed by atoms with Gasteiger partial charge in [0, 0.05) is 11.6 Å². The molecule has 0 aliphatic carbocycles. The highest BCUT2D eigenvalue weighted by molar-refractivity contribution is 5.77. The van der Waals surface area contributed by atoms with Gasteiger partial charge in [0.25, 0.3) is 5.91 Å². The summed E-state index contributed by atoms with van der Waals surface area (Å²) in [5.41, 5.74) is 0.697. The molecule has 0 aliphatic rings. The maximum absolute atomic E-state index is 13.5. The summed E-state index contributed by atoms with van der Waals surface area (Å²) in [6.07, 6.45) is 0. The fraction of sp³-hybridized carbons (Fsp3) is 0.211. The van der Waals surface area contributed by atoms with Crippen molar-refractivity contribution in [1.29, 1.82) is 0 Å². The van der Waals surface area contributed by atoms with E-state index < -0.39 is 30.2 Å². The van der Waals surface area contributed by atoms with Gasteiger partial charge in [-0.15, -0.1) is 0 Å². The van der Waals surface area contributed by atoms with Gasteiger partial charge in [-0.25, -0.2) is 8.78 Å². The van der Waals surface area contributed by atoms with Gasteiger partial charge in [0.2, 0.25) is 11.7 Å². The lowest BCUT2D eigenvalue weighted by Gasteiger charge is -2.11. The predicted molar refractivity (Wildman–Crippen MR) is 94.7 cm³/mol. The van der Waals surface area contributed by atoms with E-state index >= 15 is 0 Å². The number of rotatable bonds is 7. The van der Waals surface area contributed by atoms with Crippen LogP contribution >= 0.6 is 0 Å². The van der Waals surface area contributed by atoms with Crippen LogP contribution in [0.1, 0.15) is 18.9 Å². The summed E-state index contributed by atoms with van der Waals surface area (Å²) in [7, 11) is 1.55. The van der Waals surface area contributed by atoms with Gasteiger partial charge in [0.1, 0.15) is 17.6 Å². The minimum Gasteiger partial charge on any atom is -0.497 e. The van der Waals surface area contributed by atoms with Crippen LogP contribution in [0.2, 0.25) is 0 Å². The molecular weight excluding hydrogens is 372 g/mol. The Morgan fingerprint density at radius 2 is 2.07 bits per heavy atom. The number of benzene rings is 2. The summed E-state index contributed by atoms with van der Waals surface area (Å²) in [6, 6.07) is 9.36. The van der Waals surface area contributed by atoms with Crippen LogP contribution in [0, 0.1) is 11.6 Å². The number of carbonyl (C=O) groups excluding carboxylic acids is 1. The maximum atomic E-state index is 13.5. The van der Waals surface area contributed by atoms with Crippen LogP contribution in [0.4, 0.5) is 8.78 Å². The SMILES string of the molecule is COc1cccc(-c2noc(C(C)NC(=O)COc3ccc(F)cc3F)n2)c1. The van der Waals surface area contributed by atoms with Crippen molar-refractivity contribution in [2.24, 2.45) is 0 Å². The molecule has 7 nitrogen and oxygen atoms in total. The van der Waals surface area contributed by atoms with E-state index in [1.165, 1.54) is 0 Å². The van der Waals surface area contributed by atoms with E-state index in [0.717, 1.165) is 12.1 Å². The molecule has 1 N–H and O–H groups in total. The molecule has 2 aromatic carbocycles. The zero-order chi connectivity index (χ0) is 20.1. The zero-order valence-electron chi connectivity index (χ0n) is 15.1. The molecule has 1 heterocycles. The maximum Gasteiger partial charge on any atom is 0.258 e. The molecule has 0 radical (unpaired) electrons. The number of carbonyl (C=O) groups is 1. The van der Waals surface area contributed by atoms with Gasteiger partial charge in [0.05, 0.1) is 7.11 Å². The number of nitrogens with zero attached hydrogens (tertiary/aromatic N) is 2. The highest BCUT2D eigenvalue weighted by atomic mass is 19.1. The van der Waals surface area contributed by atoms with E-state index in [4.69, 9.17) is 14.0 Å². The Kier molecular flexibility index (Phi) is 5.83. The van der Waals surface area contributed by atoms with Gasteiger partial charge < -0.3 is 19.3 Å². The molecule has 0 saturated heterocycles. The topological polar surface area (TPSA) is 86.5 Å². The number of aromatic nitrogens is 2. The number of methoxy groups -OCH3 is 1. The second-order valence-electron chi connectivity index (χ2n) is 5.84. The molecule has 0 bridgehead atoms. The number of halogens is 2. The lowest BCUT2D eigenvalue weighted by molar-refractivity contribution is -0.123. The van der Waals surface area contributed by atoms with E-state index in [9.17, 15) is 13.6 Å². The Bertz CT molecular complexity index is 977. The molecule has 0 fully saturated rings. The predicted octanol–water partition coefficient (Wildman–Crippen LogP) is 3.28. The number of ether oxygens (including phenoxy) is 2. The monoisotopic (exact) mass is 389 g/mol. The van der Waals surface area contributed by atoms with Crippen molar-refractivity contribution in [3.05, 3.63) is 60.0 Å². The Balaban J connectivity index is 1.59. The van der Waals surface area contributed by atoms with E-state index in [0.29, 0.717) is 23.2 Å². The normalized spacial score (nSPS) is 11.7. The zero-order valence-corrected chi connectivity index (χ0v) is 15.1. The van der Waals surface area contributed by atoms with Crippen molar-refractivity contribution in [3.8, 4) is 22.9 Å².